The Morgan fingerprint density at radius 1 is 0.905 bits per heavy atom. The summed E-state index contributed by atoms with van der Waals surface area (Å²) in [5.41, 5.74) is 0.920. The summed E-state index contributed by atoms with van der Waals surface area (Å²) in [6, 6.07) is 0. The van der Waals surface area contributed by atoms with E-state index >= 15 is 0 Å². The summed E-state index contributed by atoms with van der Waals surface area (Å²) in [6.07, 6.45) is 11.2. The van der Waals surface area contributed by atoms with Gasteiger partial charge in [-0.25, -0.2) is 0 Å². The van der Waals surface area contributed by atoms with Crippen molar-refractivity contribution in [2.45, 2.75) is 90.8 Å². The van der Waals surface area contributed by atoms with Crippen molar-refractivity contribution in [3.05, 3.63) is 12.7 Å². The molecule has 3 aliphatic rings. The highest BCUT2D eigenvalue weighted by atomic mass is 16.5. The van der Waals surface area contributed by atoms with Crippen LogP contribution in [0.2, 0.25) is 0 Å². The minimum Gasteiger partial charge on any atom is -0.365 e. The van der Waals surface area contributed by atoms with Gasteiger partial charge >= 0.3 is 0 Å². The molecule has 0 amide bonds. The van der Waals surface area contributed by atoms with Crippen molar-refractivity contribution in [2.24, 2.45) is 22.7 Å². The van der Waals surface area contributed by atoms with E-state index in [1.54, 1.807) is 0 Å². The Labute approximate surface area is 131 Å². The molecule has 0 spiro atoms. The largest absolute Gasteiger partial charge is 0.365 e. The van der Waals surface area contributed by atoms with Gasteiger partial charge in [-0.2, -0.15) is 0 Å². The van der Waals surface area contributed by atoms with Gasteiger partial charge in [-0.3, -0.25) is 0 Å². The minimum atomic E-state index is -0.112. The summed E-state index contributed by atoms with van der Waals surface area (Å²) < 4.78 is 6.68. The van der Waals surface area contributed by atoms with E-state index in [2.05, 4.69) is 41.2 Å². The molecule has 0 aromatic heterocycles. The molecule has 120 valence electrons. The van der Waals surface area contributed by atoms with Crippen LogP contribution in [0.4, 0.5) is 0 Å². The van der Waals surface area contributed by atoms with Crippen molar-refractivity contribution >= 4 is 0 Å². The molecular weight excluding hydrogens is 256 g/mol. The highest BCUT2D eigenvalue weighted by molar-refractivity contribution is 5.12. The summed E-state index contributed by atoms with van der Waals surface area (Å²) in [5.74, 6) is 1.59. The van der Waals surface area contributed by atoms with Crippen LogP contribution in [-0.2, 0) is 4.74 Å². The monoisotopic (exact) mass is 290 g/mol. The van der Waals surface area contributed by atoms with Gasteiger partial charge in [-0.1, -0.05) is 33.3 Å². The second kappa shape index (κ2) is 4.60. The molecular formula is C20H34O. The first kappa shape index (κ1) is 15.6. The van der Waals surface area contributed by atoms with Crippen LogP contribution >= 0.6 is 0 Å². The molecule has 1 saturated heterocycles. The van der Waals surface area contributed by atoms with Gasteiger partial charge in [0.15, 0.2) is 0 Å². The van der Waals surface area contributed by atoms with Gasteiger partial charge in [0.2, 0.25) is 0 Å². The van der Waals surface area contributed by atoms with Crippen molar-refractivity contribution in [3.8, 4) is 0 Å². The fourth-order valence-electron chi connectivity index (χ4n) is 6.52. The van der Waals surface area contributed by atoms with Crippen LogP contribution in [0.3, 0.4) is 0 Å². The molecule has 21 heavy (non-hydrogen) atoms. The third-order valence-electron chi connectivity index (χ3n) is 7.57. The smallest absolute Gasteiger partial charge is 0.0839 e. The Balaban J connectivity index is 1.94. The van der Waals surface area contributed by atoms with E-state index < -0.39 is 0 Å². The van der Waals surface area contributed by atoms with E-state index in [0.29, 0.717) is 10.8 Å². The van der Waals surface area contributed by atoms with Crippen molar-refractivity contribution < 1.29 is 4.74 Å². The molecule has 2 saturated carbocycles. The van der Waals surface area contributed by atoms with E-state index in [1.165, 1.54) is 38.5 Å². The molecule has 0 bridgehead atoms. The first-order valence-electron chi connectivity index (χ1n) is 8.99. The van der Waals surface area contributed by atoms with Gasteiger partial charge in [0.05, 0.1) is 11.2 Å². The molecule has 5 atom stereocenters. The standard InChI is InChI=1S/C20H34O/c1-7-18(4)13-9-16-19(5)12-8-11-17(2,3)15(19)10-14-20(16,6)21-18/h7,15-16H,1,8-14H2,2-6H3/t15-,16+,18+,19+,20+/m0/s1. The van der Waals surface area contributed by atoms with E-state index in [4.69, 9.17) is 4.74 Å². The maximum absolute atomic E-state index is 6.68. The lowest BCUT2D eigenvalue weighted by Crippen LogP contribution is -2.62. The lowest BCUT2D eigenvalue weighted by atomic mass is 9.44. The van der Waals surface area contributed by atoms with E-state index in [-0.39, 0.29) is 11.2 Å². The SMILES string of the molecule is C=C[C@]1(C)CC[C@@H]2[C@]3(C)CCCC(C)(C)[C@@H]3CC[C@@]2(C)O1. The number of hydrogen-bond acceptors (Lipinski definition) is 1. The summed E-state index contributed by atoms with van der Waals surface area (Å²) in [5, 5.41) is 0. The fourth-order valence-corrected chi connectivity index (χ4v) is 6.52. The molecule has 3 rings (SSSR count). The Morgan fingerprint density at radius 2 is 1.57 bits per heavy atom. The zero-order chi connectivity index (χ0) is 15.5. The Kier molecular flexibility index (Phi) is 3.41. The van der Waals surface area contributed by atoms with Crippen LogP contribution in [0.1, 0.15) is 79.6 Å². The number of fused-ring (bicyclic) bond motifs is 3. The van der Waals surface area contributed by atoms with E-state index in [1.807, 2.05) is 6.08 Å². The van der Waals surface area contributed by atoms with Gasteiger partial charge in [-0.05, 0) is 75.0 Å². The van der Waals surface area contributed by atoms with Crippen LogP contribution in [-0.4, -0.2) is 11.2 Å². The third-order valence-corrected chi connectivity index (χ3v) is 7.57. The second-order valence-corrected chi connectivity index (χ2v) is 9.46. The molecule has 1 aliphatic heterocycles. The Bertz CT molecular complexity index is 439. The zero-order valence-electron chi connectivity index (χ0n) is 14.8. The average Bonchev–Trinajstić information content (AvgIpc) is 2.36. The molecule has 2 aliphatic carbocycles. The molecule has 0 N–H and O–H groups in total. The topological polar surface area (TPSA) is 9.23 Å². The summed E-state index contributed by atoms with van der Waals surface area (Å²) in [7, 11) is 0. The van der Waals surface area contributed by atoms with Crippen LogP contribution in [0.5, 0.6) is 0 Å². The summed E-state index contributed by atoms with van der Waals surface area (Å²) in [6.45, 7) is 16.2. The van der Waals surface area contributed by atoms with E-state index in [0.717, 1.165) is 18.3 Å². The fraction of sp³-hybridized carbons (Fsp3) is 0.900. The van der Waals surface area contributed by atoms with Crippen LogP contribution in [0, 0.1) is 22.7 Å². The normalized spacial score (nSPS) is 52.6. The van der Waals surface area contributed by atoms with Crippen molar-refractivity contribution in [1.82, 2.24) is 0 Å². The molecule has 1 heteroatoms. The molecule has 3 fully saturated rings. The van der Waals surface area contributed by atoms with Crippen molar-refractivity contribution in [1.29, 1.82) is 0 Å². The van der Waals surface area contributed by atoms with Crippen molar-refractivity contribution in [3.63, 3.8) is 0 Å². The lowest BCUT2D eigenvalue weighted by molar-refractivity contribution is -0.252. The van der Waals surface area contributed by atoms with Crippen LogP contribution < -0.4 is 0 Å². The molecule has 0 radical (unpaired) electrons. The van der Waals surface area contributed by atoms with Gasteiger partial charge < -0.3 is 4.74 Å². The maximum atomic E-state index is 6.68. The number of hydrogen-bond donors (Lipinski definition) is 0. The number of ether oxygens (including phenoxy) is 1. The van der Waals surface area contributed by atoms with Gasteiger partial charge in [0.25, 0.3) is 0 Å². The zero-order valence-corrected chi connectivity index (χ0v) is 14.8. The molecule has 0 aromatic rings. The first-order chi connectivity index (χ1) is 9.65. The molecule has 1 nitrogen and oxygen atoms in total. The van der Waals surface area contributed by atoms with Crippen LogP contribution in [0.15, 0.2) is 12.7 Å². The summed E-state index contributed by atoms with van der Waals surface area (Å²) in [4.78, 5) is 0. The molecule has 1 heterocycles. The second-order valence-electron chi connectivity index (χ2n) is 9.46. The van der Waals surface area contributed by atoms with Gasteiger partial charge in [-0.15, -0.1) is 6.58 Å². The van der Waals surface area contributed by atoms with E-state index in [9.17, 15) is 0 Å². The number of rotatable bonds is 1. The maximum Gasteiger partial charge on any atom is 0.0839 e. The predicted molar refractivity (Wildman–Crippen MR) is 89.3 cm³/mol. The highest BCUT2D eigenvalue weighted by Gasteiger charge is 2.61. The quantitative estimate of drug-likeness (QED) is 0.559. The minimum absolute atomic E-state index is 0.0554. The average molecular weight is 290 g/mol. The molecule has 0 aromatic carbocycles. The highest BCUT2D eigenvalue weighted by Crippen LogP contribution is 2.65. The predicted octanol–water partition coefficient (Wildman–Crippen LogP) is 5.74. The van der Waals surface area contributed by atoms with Gasteiger partial charge in [0, 0.05) is 0 Å². The third kappa shape index (κ3) is 2.22. The first-order valence-corrected chi connectivity index (χ1v) is 8.99. The lowest BCUT2D eigenvalue weighted by Gasteiger charge is -2.65. The Morgan fingerprint density at radius 3 is 2.24 bits per heavy atom. The van der Waals surface area contributed by atoms with Crippen LogP contribution in [0.25, 0.3) is 0 Å². The summed E-state index contributed by atoms with van der Waals surface area (Å²) >= 11 is 0. The molecule has 0 unspecified atom stereocenters. The van der Waals surface area contributed by atoms with Gasteiger partial charge in [0.1, 0.15) is 0 Å². The Hall–Kier alpha value is -0.300. The van der Waals surface area contributed by atoms with Crippen molar-refractivity contribution in [2.75, 3.05) is 0 Å².